The highest BCUT2D eigenvalue weighted by Crippen LogP contribution is 2.47. The second kappa shape index (κ2) is 5.96. The molecule has 3 aromatic rings. The first-order valence-electron chi connectivity index (χ1n) is 8.19. The molecule has 0 radical (unpaired) electrons. The Balaban J connectivity index is 1.43. The van der Waals surface area contributed by atoms with E-state index in [1.165, 1.54) is 5.56 Å². The number of aromatic nitrogens is 1. The molecule has 1 saturated carbocycles. The van der Waals surface area contributed by atoms with Crippen LogP contribution >= 0.6 is 0 Å². The Morgan fingerprint density at radius 1 is 1.17 bits per heavy atom. The number of hydrogen-bond acceptors (Lipinski definition) is 2. The number of nitrogens with zero attached hydrogens (tertiary/aromatic N) is 1. The summed E-state index contributed by atoms with van der Waals surface area (Å²) in [4.78, 5) is 15.6. The third-order valence-corrected chi connectivity index (χ3v) is 4.67. The molecule has 24 heavy (non-hydrogen) atoms. The maximum absolute atomic E-state index is 12.2. The van der Waals surface area contributed by atoms with E-state index in [9.17, 15) is 4.79 Å². The molecule has 1 aliphatic carbocycles. The Labute approximate surface area is 140 Å². The van der Waals surface area contributed by atoms with Crippen LogP contribution in [0.4, 0.5) is 0 Å². The van der Waals surface area contributed by atoms with E-state index in [-0.39, 0.29) is 11.8 Å². The minimum atomic E-state index is -0.00222. The molecule has 2 atom stereocenters. The molecule has 0 saturated heterocycles. The van der Waals surface area contributed by atoms with Gasteiger partial charge in [-0.05, 0) is 30.9 Å². The van der Waals surface area contributed by atoms with Gasteiger partial charge in [-0.1, -0.05) is 48.5 Å². The maximum atomic E-state index is 12.2. The van der Waals surface area contributed by atoms with Gasteiger partial charge in [0.2, 0.25) is 5.91 Å². The minimum absolute atomic E-state index is 0.00222. The number of hydrogen-bond donors (Lipinski definition) is 2. The molecular formula is C20H19N3O. The molecule has 1 aliphatic rings. The van der Waals surface area contributed by atoms with Gasteiger partial charge >= 0.3 is 0 Å². The van der Waals surface area contributed by atoms with E-state index in [4.69, 9.17) is 0 Å². The Kier molecular flexibility index (Phi) is 3.65. The third kappa shape index (κ3) is 2.71. The number of hydrazone groups is 1. The molecule has 0 aliphatic heterocycles. The number of fused-ring (bicyclic) bond motifs is 1. The molecule has 4 heteroatoms. The van der Waals surface area contributed by atoms with Crippen LogP contribution < -0.4 is 5.43 Å². The van der Waals surface area contributed by atoms with Crippen molar-refractivity contribution in [3.63, 3.8) is 0 Å². The molecular weight excluding hydrogens is 298 g/mol. The number of rotatable bonds is 4. The van der Waals surface area contributed by atoms with Crippen LogP contribution in [0.1, 0.15) is 29.2 Å². The number of amides is 1. The normalized spacial score (nSPS) is 19.7. The topological polar surface area (TPSA) is 57.2 Å². The molecule has 1 fully saturated rings. The predicted molar refractivity (Wildman–Crippen MR) is 96.1 cm³/mol. The fraction of sp³-hybridized carbons (Fsp3) is 0.200. The van der Waals surface area contributed by atoms with Gasteiger partial charge in [-0.15, -0.1) is 0 Å². The van der Waals surface area contributed by atoms with Gasteiger partial charge in [0.25, 0.3) is 0 Å². The first kappa shape index (κ1) is 14.7. The van der Waals surface area contributed by atoms with Gasteiger partial charge in [0, 0.05) is 28.1 Å². The predicted octanol–water partition coefficient (Wildman–Crippen LogP) is 3.73. The van der Waals surface area contributed by atoms with Crippen molar-refractivity contribution >= 4 is 23.0 Å². The van der Waals surface area contributed by atoms with Crippen LogP contribution in [0.15, 0.2) is 59.7 Å². The zero-order valence-corrected chi connectivity index (χ0v) is 13.5. The SMILES string of the molecule is Cc1[nH]c2ccccc2c1/C=N/NC(=O)[C@H]1C[C@@H]1c1ccccc1. The summed E-state index contributed by atoms with van der Waals surface area (Å²) in [5, 5.41) is 5.28. The summed E-state index contributed by atoms with van der Waals surface area (Å²) in [5.74, 6) is 0.363. The van der Waals surface area contributed by atoms with Crippen molar-refractivity contribution in [3.05, 3.63) is 71.4 Å². The molecule has 4 nitrogen and oxygen atoms in total. The lowest BCUT2D eigenvalue weighted by Crippen LogP contribution is -2.20. The molecule has 2 aromatic carbocycles. The van der Waals surface area contributed by atoms with Crippen LogP contribution in [0, 0.1) is 12.8 Å². The van der Waals surface area contributed by atoms with Crippen LogP contribution in [0.5, 0.6) is 0 Å². The van der Waals surface area contributed by atoms with Crippen molar-refractivity contribution in [2.45, 2.75) is 19.3 Å². The number of aromatic amines is 1. The highest BCUT2D eigenvalue weighted by molar-refractivity contribution is 6.00. The Bertz CT molecular complexity index is 911. The number of para-hydroxylation sites is 1. The summed E-state index contributed by atoms with van der Waals surface area (Å²) in [6.45, 7) is 2.01. The lowest BCUT2D eigenvalue weighted by atomic mass is 10.1. The average molecular weight is 317 g/mol. The van der Waals surface area contributed by atoms with Crippen LogP contribution in [0.3, 0.4) is 0 Å². The first-order chi connectivity index (χ1) is 11.7. The summed E-state index contributed by atoms with van der Waals surface area (Å²) >= 11 is 0. The molecule has 1 aromatic heterocycles. The molecule has 0 unspecified atom stereocenters. The van der Waals surface area contributed by atoms with Crippen molar-refractivity contribution in [2.24, 2.45) is 11.0 Å². The van der Waals surface area contributed by atoms with E-state index >= 15 is 0 Å². The van der Waals surface area contributed by atoms with E-state index in [2.05, 4.69) is 27.6 Å². The second-order valence-electron chi connectivity index (χ2n) is 6.30. The number of benzene rings is 2. The molecule has 2 N–H and O–H groups in total. The van der Waals surface area contributed by atoms with Crippen LogP contribution in [-0.2, 0) is 4.79 Å². The van der Waals surface area contributed by atoms with Gasteiger partial charge in [0.1, 0.15) is 0 Å². The van der Waals surface area contributed by atoms with Crippen molar-refractivity contribution in [1.29, 1.82) is 0 Å². The zero-order chi connectivity index (χ0) is 16.5. The van der Waals surface area contributed by atoms with E-state index < -0.39 is 0 Å². The largest absolute Gasteiger partial charge is 0.358 e. The zero-order valence-electron chi connectivity index (χ0n) is 13.5. The molecule has 0 bridgehead atoms. The summed E-state index contributed by atoms with van der Waals surface area (Å²) in [5.41, 5.74) is 7.06. The minimum Gasteiger partial charge on any atom is -0.358 e. The standard InChI is InChI=1S/C20H19N3O/c1-13-18(15-9-5-6-10-19(15)22-13)12-21-23-20(24)17-11-16(17)14-7-3-2-4-8-14/h2-10,12,16-17,22H,11H2,1H3,(H,23,24)/b21-12+/t16-,17+/m1/s1. The van der Waals surface area contributed by atoms with Crippen LogP contribution in [0.2, 0.25) is 0 Å². The van der Waals surface area contributed by atoms with E-state index in [0.717, 1.165) is 28.6 Å². The van der Waals surface area contributed by atoms with Gasteiger partial charge < -0.3 is 4.98 Å². The van der Waals surface area contributed by atoms with Gasteiger partial charge in [0.15, 0.2) is 0 Å². The Morgan fingerprint density at radius 2 is 1.92 bits per heavy atom. The summed E-state index contributed by atoms with van der Waals surface area (Å²) < 4.78 is 0. The van der Waals surface area contributed by atoms with Gasteiger partial charge in [-0.2, -0.15) is 5.10 Å². The maximum Gasteiger partial charge on any atom is 0.243 e. The van der Waals surface area contributed by atoms with Crippen molar-refractivity contribution in [2.75, 3.05) is 0 Å². The highest BCUT2D eigenvalue weighted by atomic mass is 16.2. The van der Waals surface area contributed by atoms with E-state index in [0.29, 0.717) is 5.92 Å². The Hall–Kier alpha value is -2.88. The molecule has 1 heterocycles. The molecule has 0 spiro atoms. The number of carbonyl (C=O) groups excluding carboxylic acids is 1. The number of carbonyl (C=O) groups is 1. The second-order valence-corrected chi connectivity index (χ2v) is 6.30. The first-order valence-corrected chi connectivity index (χ1v) is 8.19. The Morgan fingerprint density at radius 3 is 2.75 bits per heavy atom. The number of nitrogens with one attached hydrogen (secondary N) is 2. The summed E-state index contributed by atoms with van der Waals surface area (Å²) in [7, 11) is 0. The van der Waals surface area contributed by atoms with Gasteiger partial charge in [-0.3, -0.25) is 4.79 Å². The van der Waals surface area contributed by atoms with Gasteiger partial charge in [0.05, 0.1) is 6.21 Å². The summed E-state index contributed by atoms with van der Waals surface area (Å²) in [6, 6.07) is 18.3. The smallest absolute Gasteiger partial charge is 0.243 e. The lowest BCUT2D eigenvalue weighted by molar-refractivity contribution is -0.122. The van der Waals surface area contributed by atoms with E-state index in [1.807, 2.05) is 49.4 Å². The number of H-pyrrole nitrogens is 1. The molecule has 1 amide bonds. The summed E-state index contributed by atoms with van der Waals surface area (Å²) in [6.07, 6.45) is 2.63. The lowest BCUT2D eigenvalue weighted by Gasteiger charge is -2.00. The monoisotopic (exact) mass is 317 g/mol. The van der Waals surface area contributed by atoms with E-state index in [1.54, 1.807) is 6.21 Å². The third-order valence-electron chi connectivity index (χ3n) is 4.67. The van der Waals surface area contributed by atoms with Crippen LogP contribution in [0.25, 0.3) is 10.9 Å². The van der Waals surface area contributed by atoms with Crippen molar-refractivity contribution in [3.8, 4) is 0 Å². The van der Waals surface area contributed by atoms with Gasteiger partial charge in [-0.25, -0.2) is 5.43 Å². The number of aryl methyl sites for hydroxylation is 1. The fourth-order valence-corrected chi connectivity index (χ4v) is 3.26. The molecule has 4 rings (SSSR count). The molecule has 120 valence electrons. The van der Waals surface area contributed by atoms with Crippen molar-refractivity contribution < 1.29 is 4.79 Å². The van der Waals surface area contributed by atoms with Crippen molar-refractivity contribution in [1.82, 2.24) is 10.4 Å². The highest BCUT2D eigenvalue weighted by Gasteiger charge is 2.43. The fourth-order valence-electron chi connectivity index (χ4n) is 3.26. The van der Waals surface area contributed by atoms with Crippen LogP contribution in [-0.4, -0.2) is 17.1 Å². The quantitative estimate of drug-likeness (QED) is 0.559. The average Bonchev–Trinajstić information content (AvgIpc) is 3.35.